The summed E-state index contributed by atoms with van der Waals surface area (Å²) in [7, 11) is 0. The summed E-state index contributed by atoms with van der Waals surface area (Å²) in [5.41, 5.74) is 4.04. The van der Waals surface area contributed by atoms with Gasteiger partial charge < -0.3 is 10.0 Å². The van der Waals surface area contributed by atoms with Crippen molar-refractivity contribution in [2.45, 2.75) is 13.0 Å². The van der Waals surface area contributed by atoms with Gasteiger partial charge in [0.1, 0.15) is 0 Å². The van der Waals surface area contributed by atoms with Crippen molar-refractivity contribution < 1.29 is 14.7 Å². The largest absolute Gasteiger partial charge is 0.384 e. The van der Waals surface area contributed by atoms with E-state index in [0.29, 0.717) is 27.4 Å². The van der Waals surface area contributed by atoms with Gasteiger partial charge in [-0.2, -0.15) is 0 Å². The van der Waals surface area contributed by atoms with Crippen molar-refractivity contribution >= 4 is 35.1 Å². The van der Waals surface area contributed by atoms with E-state index >= 15 is 0 Å². The molecule has 1 amide bonds. The van der Waals surface area contributed by atoms with Crippen LogP contribution >= 0.6 is 11.6 Å². The average Bonchev–Trinajstić information content (AvgIpc) is 2.91. The van der Waals surface area contributed by atoms with E-state index < -0.39 is 6.10 Å². The molecule has 0 bridgehead atoms. The Morgan fingerprint density at radius 3 is 2.19 bits per heavy atom. The summed E-state index contributed by atoms with van der Waals surface area (Å²) in [4.78, 5) is 28.3. The molecule has 1 unspecified atom stereocenters. The second-order valence-corrected chi connectivity index (χ2v) is 8.90. The summed E-state index contributed by atoms with van der Waals surface area (Å²) in [6.07, 6.45) is 2.58. The van der Waals surface area contributed by atoms with Crippen LogP contribution in [0.5, 0.6) is 0 Å². The highest BCUT2D eigenvalue weighted by Crippen LogP contribution is 2.23. The molecule has 0 aromatic heterocycles. The van der Waals surface area contributed by atoms with Crippen LogP contribution in [0, 0.1) is 6.92 Å². The highest BCUT2D eigenvalue weighted by Gasteiger charge is 2.23. The van der Waals surface area contributed by atoms with Crippen molar-refractivity contribution in [2.75, 3.05) is 11.4 Å². The minimum Gasteiger partial charge on any atom is -0.384 e. The van der Waals surface area contributed by atoms with E-state index in [0.717, 1.165) is 11.1 Å². The van der Waals surface area contributed by atoms with Gasteiger partial charge in [-0.25, -0.2) is 0 Å². The Hall–Kier alpha value is -3.99. The minimum atomic E-state index is -0.814. The third-order valence-corrected chi connectivity index (χ3v) is 6.10. The lowest BCUT2D eigenvalue weighted by Crippen LogP contribution is -2.36. The molecule has 180 valence electrons. The molecule has 4 nitrogen and oxygen atoms in total. The van der Waals surface area contributed by atoms with Gasteiger partial charge in [0.05, 0.1) is 12.6 Å². The number of carbonyl (C=O) groups is 2. The second-order valence-electron chi connectivity index (χ2n) is 8.46. The molecule has 0 fully saturated rings. The smallest absolute Gasteiger partial charge is 0.259 e. The summed E-state index contributed by atoms with van der Waals surface area (Å²) >= 11 is 5.96. The molecule has 0 saturated carbocycles. The molecule has 5 heteroatoms. The molecule has 0 aliphatic heterocycles. The molecular formula is C31H26ClNO3. The number of hydrogen-bond acceptors (Lipinski definition) is 3. The number of aliphatic hydroxyl groups excluding tert-OH is 1. The Morgan fingerprint density at radius 1 is 0.861 bits per heavy atom. The monoisotopic (exact) mass is 495 g/mol. The number of anilines is 1. The number of nitrogens with zero attached hydrogens (tertiary/aromatic N) is 1. The highest BCUT2D eigenvalue weighted by atomic mass is 35.5. The number of halogens is 1. The van der Waals surface area contributed by atoms with Gasteiger partial charge in [-0.1, -0.05) is 90.0 Å². The molecule has 1 N–H and O–H groups in total. The predicted molar refractivity (Wildman–Crippen MR) is 146 cm³/mol. The Kier molecular flexibility index (Phi) is 8.11. The zero-order chi connectivity index (χ0) is 25.5. The van der Waals surface area contributed by atoms with Crippen LogP contribution in [-0.4, -0.2) is 23.3 Å². The number of rotatable bonds is 8. The van der Waals surface area contributed by atoms with Gasteiger partial charge in [0.25, 0.3) is 5.91 Å². The fourth-order valence-electron chi connectivity index (χ4n) is 3.81. The van der Waals surface area contributed by atoms with E-state index in [2.05, 4.69) is 0 Å². The molecule has 0 aliphatic carbocycles. The van der Waals surface area contributed by atoms with Crippen LogP contribution in [-0.2, 0) is 0 Å². The predicted octanol–water partition coefficient (Wildman–Crippen LogP) is 6.92. The van der Waals surface area contributed by atoms with Gasteiger partial charge in [-0.15, -0.1) is 0 Å². The van der Waals surface area contributed by atoms with Crippen LogP contribution in [0.1, 0.15) is 43.5 Å². The van der Waals surface area contributed by atoms with E-state index in [-0.39, 0.29) is 18.2 Å². The lowest BCUT2D eigenvalue weighted by Gasteiger charge is -2.23. The van der Waals surface area contributed by atoms with Crippen LogP contribution in [0.2, 0.25) is 5.02 Å². The van der Waals surface area contributed by atoms with E-state index in [1.165, 1.54) is 4.90 Å². The Labute approximate surface area is 216 Å². The fraction of sp³-hybridized carbons (Fsp3) is 0.0968. The third-order valence-electron chi connectivity index (χ3n) is 5.85. The number of amides is 1. The van der Waals surface area contributed by atoms with Crippen LogP contribution in [0.3, 0.4) is 0 Å². The van der Waals surface area contributed by atoms with E-state index in [9.17, 15) is 14.7 Å². The molecule has 1 atom stereocenters. The van der Waals surface area contributed by atoms with Gasteiger partial charge >= 0.3 is 0 Å². The standard InChI is InChI=1S/C31H26ClNO3/c1-22-11-13-24(14-12-22)29(34)20-17-23-7-5-6-10-28(23)31(36)33(27-8-3-2-4-9-27)21-30(35)25-15-18-26(32)19-16-25/h2-20,29,34H,21H2,1H3/b20-17+. The lowest BCUT2D eigenvalue weighted by molar-refractivity contribution is 0.0937. The normalized spacial score (nSPS) is 11.9. The molecule has 36 heavy (non-hydrogen) atoms. The van der Waals surface area contributed by atoms with Crippen molar-refractivity contribution in [3.63, 3.8) is 0 Å². The first-order valence-electron chi connectivity index (χ1n) is 11.6. The zero-order valence-corrected chi connectivity index (χ0v) is 20.6. The molecule has 0 aliphatic rings. The van der Waals surface area contributed by atoms with Crippen molar-refractivity contribution in [1.29, 1.82) is 0 Å². The van der Waals surface area contributed by atoms with Crippen molar-refractivity contribution in [3.05, 3.63) is 142 Å². The van der Waals surface area contributed by atoms with Gasteiger partial charge in [-0.05, 0) is 60.5 Å². The molecule has 4 aromatic rings. The van der Waals surface area contributed by atoms with Crippen LogP contribution in [0.15, 0.2) is 109 Å². The van der Waals surface area contributed by atoms with Crippen molar-refractivity contribution in [3.8, 4) is 0 Å². The molecule has 4 aromatic carbocycles. The second kappa shape index (κ2) is 11.6. The highest BCUT2D eigenvalue weighted by molar-refractivity contribution is 6.30. The molecule has 0 spiro atoms. The summed E-state index contributed by atoms with van der Waals surface area (Å²) in [5.74, 6) is -0.514. The Morgan fingerprint density at radius 2 is 1.50 bits per heavy atom. The maximum absolute atomic E-state index is 13.8. The minimum absolute atomic E-state index is 0.130. The Balaban J connectivity index is 1.63. The summed E-state index contributed by atoms with van der Waals surface area (Å²) < 4.78 is 0. The van der Waals surface area contributed by atoms with E-state index in [1.54, 1.807) is 60.7 Å². The average molecular weight is 496 g/mol. The Bertz CT molecular complexity index is 1360. The first kappa shape index (κ1) is 25.1. The van der Waals surface area contributed by atoms with E-state index in [1.807, 2.05) is 61.5 Å². The quantitative estimate of drug-likeness (QED) is 0.270. The number of Topliss-reactive ketones (excluding diaryl/α,β-unsaturated/α-hetero) is 1. The molecule has 0 radical (unpaired) electrons. The van der Waals surface area contributed by atoms with Crippen molar-refractivity contribution in [2.24, 2.45) is 0 Å². The SMILES string of the molecule is Cc1ccc(C(O)/C=C/c2ccccc2C(=O)N(CC(=O)c2ccc(Cl)cc2)c2ccccc2)cc1. The van der Waals surface area contributed by atoms with Gasteiger partial charge in [0.2, 0.25) is 0 Å². The third kappa shape index (κ3) is 6.16. The summed E-state index contributed by atoms with van der Waals surface area (Å²) in [6, 6.07) is 30.5. The number of aryl methyl sites for hydroxylation is 1. The number of para-hydroxylation sites is 1. The first-order chi connectivity index (χ1) is 17.4. The maximum atomic E-state index is 13.8. The number of aliphatic hydroxyl groups is 1. The fourth-order valence-corrected chi connectivity index (χ4v) is 3.94. The van der Waals surface area contributed by atoms with Crippen molar-refractivity contribution in [1.82, 2.24) is 0 Å². The van der Waals surface area contributed by atoms with Gasteiger partial charge in [0.15, 0.2) is 5.78 Å². The van der Waals surface area contributed by atoms with Crippen LogP contribution in [0.25, 0.3) is 6.08 Å². The maximum Gasteiger partial charge on any atom is 0.259 e. The van der Waals surface area contributed by atoms with Gasteiger partial charge in [0, 0.05) is 21.8 Å². The van der Waals surface area contributed by atoms with E-state index in [4.69, 9.17) is 11.6 Å². The molecule has 4 rings (SSSR count). The van der Waals surface area contributed by atoms with Crippen LogP contribution in [0.4, 0.5) is 5.69 Å². The zero-order valence-electron chi connectivity index (χ0n) is 19.8. The number of ketones is 1. The molecule has 0 saturated heterocycles. The number of carbonyl (C=O) groups excluding carboxylic acids is 2. The summed E-state index contributed by atoms with van der Waals surface area (Å²) in [6.45, 7) is 1.86. The number of benzene rings is 4. The number of hydrogen-bond donors (Lipinski definition) is 1. The van der Waals surface area contributed by atoms with Gasteiger partial charge in [-0.3, -0.25) is 9.59 Å². The molecular weight excluding hydrogens is 470 g/mol. The topological polar surface area (TPSA) is 57.6 Å². The van der Waals surface area contributed by atoms with Crippen LogP contribution < -0.4 is 4.90 Å². The lowest BCUT2D eigenvalue weighted by atomic mass is 10.0. The first-order valence-corrected chi connectivity index (χ1v) is 12.0. The summed E-state index contributed by atoms with van der Waals surface area (Å²) in [5, 5.41) is 11.2. The molecule has 0 heterocycles.